The Hall–Kier alpha value is -2.40. The van der Waals surface area contributed by atoms with Gasteiger partial charge in [-0.05, 0) is 67.5 Å². The third kappa shape index (κ3) is 5.07. The zero-order valence-electron chi connectivity index (χ0n) is 15.7. The van der Waals surface area contributed by atoms with Gasteiger partial charge in [-0.1, -0.05) is 24.6 Å². The molecule has 0 heterocycles. The van der Waals surface area contributed by atoms with Crippen molar-refractivity contribution in [2.75, 3.05) is 13.2 Å². The Balaban J connectivity index is 1.64. The minimum absolute atomic E-state index is 0.0800. The molecule has 144 valence electrons. The lowest BCUT2D eigenvalue weighted by atomic mass is 9.94. The van der Waals surface area contributed by atoms with Gasteiger partial charge in [0, 0.05) is 18.2 Å². The van der Waals surface area contributed by atoms with E-state index >= 15 is 0 Å². The fraction of sp³-hybridized carbons (Fsp3) is 0.409. The maximum Gasteiger partial charge on any atom is 0.251 e. The Bertz CT molecular complexity index is 776. The first-order valence-electron chi connectivity index (χ1n) is 9.55. The van der Waals surface area contributed by atoms with Crippen LogP contribution < -0.4 is 15.8 Å². The number of nitrogens with two attached hydrogens (primary N) is 1. The molecule has 3 rings (SSSR count). The summed E-state index contributed by atoms with van der Waals surface area (Å²) in [5, 5.41) is 3.19. The standard InChI is InChI=1S/C22H27FN2O2/c1-15-5-8-18(14-21(15)27-12-11-24)22(26)25-20-4-2-3-17(20)13-16-6-9-19(23)10-7-16/h5-10,14,17,20H,2-4,11-13,24H2,1H3,(H,25,26)/t17-,20-/m0/s1. The van der Waals surface area contributed by atoms with Gasteiger partial charge in [0.05, 0.1) is 0 Å². The number of carbonyl (C=O) groups is 1. The summed E-state index contributed by atoms with van der Waals surface area (Å²) in [6, 6.07) is 12.3. The van der Waals surface area contributed by atoms with Gasteiger partial charge in [0.15, 0.2) is 0 Å². The lowest BCUT2D eigenvalue weighted by Crippen LogP contribution is -2.38. The second-order valence-corrected chi connectivity index (χ2v) is 7.22. The van der Waals surface area contributed by atoms with E-state index in [1.807, 2.05) is 31.2 Å². The third-order valence-corrected chi connectivity index (χ3v) is 5.21. The van der Waals surface area contributed by atoms with Crippen LogP contribution in [-0.4, -0.2) is 25.1 Å². The first-order valence-corrected chi connectivity index (χ1v) is 9.55. The minimum atomic E-state index is -0.220. The number of carbonyl (C=O) groups excluding carboxylic acids is 1. The fourth-order valence-corrected chi connectivity index (χ4v) is 3.71. The molecule has 0 bridgehead atoms. The van der Waals surface area contributed by atoms with E-state index in [0.717, 1.165) is 36.8 Å². The molecule has 2 atom stereocenters. The van der Waals surface area contributed by atoms with Gasteiger partial charge in [0.25, 0.3) is 5.91 Å². The molecule has 0 aliphatic heterocycles. The quantitative estimate of drug-likeness (QED) is 0.782. The van der Waals surface area contributed by atoms with Crippen LogP contribution in [0.4, 0.5) is 4.39 Å². The van der Waals surface area contributed by atoms with Crippen LogP contribution in [0.15, 0.2) is 42.5 Å². The minimum Gasteiger partial charge on any atom is -0.492 e. The maximum atomic E-state index is 13.1. The van der Waals surface area contributed by atoms with Gasteiger partial charge in [0.1, 0.15) is 18.2 Å². The fourth-order valence-electron chi connectivity index (χ4n) is 3.71. The van der Waals surface area contributed by atoms with E-state index in [4.69, 9.17) is 10.5 Å². The second-order valence-electron chi connectivity index (χ2n) is 7.22. The van der Waals surface area contributed by atoms with Crippen LogP contribution in [0.1, 0.15) is 40.7 Å². The molecule has 0 unspecified atom stereocenters. The number of halogens is 1. The highest BCUT2D eigenvalue weighted by Crippen LogP contribution is 2.29. The summed E-state index contributed by atoms with van der Waals surface area (Å²) in [4.78, 5) is 12.7. The lowest BCUT2D eigenvalue weighted by Gasteiger charge is -2.21. The van der Waals surface area contributed by atoms with Gasteiger partial charge in [-0.25, -0.2) is 4.39 Å². The Morgan fingerprint density at radius 1 is 1.22 bits per heavy atom. The lowest BCUT2D eigenvalue weighted by molar-refractivity contribution is 0.0927. The Morgan fingerprint density at radius 3 is 2.74 bits per heavy atom. The number of nitrogens with one attached hydrogen (secondary N) is 1. The Morgan fingerprint density at radius 2 is 2.00 bits per heavy atom. The maximum absolute atomic E-state index is 13.1. The van der Waals surface area contributed by atoms with E-state index in [9.17, 15) is 9.18 Å². The zero-order valence-corrected chi connectivity index (χ0v) is 15.7. The topological polar surface area (TPSA) is 64.3 Å². The van der Waals surface area contributed by atoms with Gasteiger partial charge < -0.3 is 15.8 Å². The number of hydrogen-bond acceptors (Lipinski definition) is 3. The predicted octanol–water partition coefficient (Wildman–Crippen LogP) is 3.61. The van der Waals surface area contributed by atoms with E-state index in [-0.39, 0.29) is 17.8 Å². The molecule has 1 aliphatic rings. The summed E-state index contributed by atoms with van der Waals surface area (Å²) in [5.41, 5.74) is 8.18. The molecule has 1 amide bonds. The van der Waals surface area contributed by atoms with Crippen LogP contribution in [0, 0.1) is 18.7 Å². The van der Waals surface area contributed by atoms with Crippen LogP contribution in [0.2, 0.25) is 0 Å². The summed E-state index contributed by atoms with van der Waals surface area (Å²) >= 11 is 0. The average molecular weight is 370 g/mol. The largest absolute Gasteiger partial charge is 0.492 e. The summed E-state index contributed by atoms with van der Waals surface area (Å²) < 4.78 is 18.7. The van der Waals surface area contributed by atoms with E-state index < -0.39 is 0 Å². The number of aryl methyl sites for hydroxylation is 1. The molecule has 2 aromatic carbocycles. The molecule has 1 aliphatic carbocycles. The predicted molar refractivity (Wildman–Crippen MR) is 104 cm³/mol. The molecular weight excluding hydrogens is 343 g/mol. The molecule has 2 aromatic rings. The van der Waals surface area contributed by atoms with Gasteiger partial charge in [-0.2, -0.15) is 0 Å². The van der Waals surface area contributed by atoms with E-state index in [2.05, 4.69) is 5.32 Å². The van der Waals surface area contributed by atoms with Crippen molar-refractivity contribution >= 4 is 5.91 Å². The molecule has 5 heteroatoms. The van der Waals surface area contributed by atoms with Gasteiger partial charge in [0.2, 0.25) is 0 Å². The summed E-state index contributed by atoms with van der Waals surface area (Å²) in [5.74, 6) is 0.769. The normalized spacial score (nSPS) is 19.1. The summed E-state index contributed by atoms with van der Waals surface area (Å²) in [7, 11) is 0. The molecule has 4 nitrogen and oxygen atoms in total. The van der Waals surface area contributed by atoms with Crippen LogP contribution in [-0.2, 0) is 6.42 Å². The second kappa shape index (κ2) is 9.00. The van der Waals surface area contributed by atoms with Crippen molar-refractivity contribution in [2.24, 2.45) is 11.7 Å². The molecule has 1 saturated carbocycles. The SMILES string of the molecule is Cc1ccc(C(=O)N[C@H]2CCC[C@H]2Cc2ccc(F)cc2)cc1OCCN. The molecule has 0 saturated heterocycles. The molecule has 0 radical (unpaired) electrons. The van der Waals surface area contributed by atoms with Gasteiger partial charge in [-0.3, -0.25) is 4.79 Å². The number of amides is 1. The van der Waals surface area contributed by atoms with Crippen molar-refractivity contribution in [2.45, 2.75) is 38.6 Å². The van der Waals surface area contributed by atoms with Crippen molar-refractivity contribution in [3.05, 3.63) is 65.0 Å². The number of rotatable bonds is 7. The van der Waals surface area contributed by atoms with Crippen LogP contribution in [0.25, 0.3) is 0 Å². The smallest absolute Gasteiger partial charge is 0.251 e. The number of benzene rings is 2. The average Bonchev–Trinajstić information content (AvgIpc) is 3.09. The van der Waals surface area contributed by atoms with Gasteiger partial charge >= 0.3 is 0 Å². The highest BCUT2D eigenvalue weighted by Gasteiger charge is 2.29. The Labute approximate surface area is 159 Å². The van der Waals surface area contributed by atoms with Crippen molar-refractivity contribution in [1.29, 1.82) is 0 Å². The molecular formula is C22H27FN2O2. The highest BCUT2D eigenvalue weighted by atomic mass is 19.1. The molecule has 0 spiro atoms. The monoisotopic (exact) mass is 370 g/mol. The first-order chi connectivity index (χ1) is 13.1. The molecule has 1 fully saturated rings. The number of ether oxygens (including phenoxy) is 1. The van der Waals surface area contributed by atoms with Crippen LogP contribution in [0.3, 0.4) is 0 Å². The first kappa shape index (κ1) is 19.4. The third-order valence-electron chi connectivity index (χ3n) is 5.21. The van der Waals surface area contributed by atoms with Crippen molar-refractivity contribution in [1.82, 2.24) is 5.32 Å². The Kier molecular flexibility index (Phi) is 6.45. The van der Waals surface area contributed by atoms with E-state index in [0.29, 0.717) is 30.4 Å². The van der Waals surface area contributed by atoms with Crippen molar-refractivity contribution < 1.29 is 13.9 Å². The van der Waals surface area contributed by atoms with Gasteiger partial charge in [-0.15, -0.1) is 0 Å². The molecule has 0 aromatic heterocycles. The highest BCUT2D eigenvalue weighted by molar-refractivity contribution is 5.95. The van der Waals surface area contributed by atoms with E-state index in [1.54, 1.807) is 6.07 Å². The summed E-state index contributed by atoms with van der Waals surface area (Å²) in [6.07, 6.45) is 3.99. The van der Waals surface area contributed by atoms with E-state index in [1.165, 1.54) is 12.1 Å². The molecule has 27 heavy (non-hydrogen) atoms. The summed E-state index contributed by atoms with van der Waals surface area (Å²) in [6.45, 7) is 2.81. The van der Waals surface area contributed by atoms with Crippen LogP contribution >= 0.6 is 0 Å². The molecule has 3 N–H and O–H groups in total. The zero-order chi connectivity index (χ0) is 19.2. The number of hydrogen-bond donors (Lipinski definition) is 2. The van der Waals surface area contributed by atoms with Crippen molar-refractivity contribution in [3.8, 4) is 5.75 Å². The van der Waals surface area contributed by atoms with Crippen LogP contribution in [0.5, 0.6) is 5.75 Å². The van der Waals surface area contributed by atoms with Crippen molar-refractivity contribution in [3.63, 3.8) is 0 Å².